The van der Waals surface area contributed by atoms with Crippen LogP contribution in [0.3, 0.4) is 0 Å². The van der Waals surface area contributed by atoms with Crippen LogP contribution < -0.4 is 5.32 Å². The number of dihydropyridines is 1. The molecule has 1 atom stereocenters. The first-order chi connectivity index (χ1) is 12.1. The van der Waals surface area contributed by atoms with Crippen LogP contribution in [-0.4, -0.2) is 66.0 Å². The van der Waals surface area contributed by atoms with Gasteiger partial charge in [0, 0.05) is 61.8 Å². The minimum atomic E-state index is -0.264. The predicted molar refractivity (Wildman–Crippen MR) is 103 cm³/mol. The maximum Gasteiger partial charge on any atom is 0.335 e. The number of thiol groups is 1. The molecule has 1 N–H and O–H groups in total. The zero-order chi connectivity index (χ0) is 17.8. The van der Waals surface area contributed by atoms with E-state index in [0.29, 0.717) is 18.5 Å². The third kappa shape index (κ3) is 4.44. The second-order valence-electron chi connectivity index (χ2n) is 6.18. The molecule has 8 heteroatoms. The Kier molecular flexibility index (Phi) is 6.16. The van der Waals surface area contributed by atoms with Crippen molar-refractivity contribution in [2.24, 2.45) is 0 Å². The van der Waals surface area contributed by atoms with Crippen molar-refractivity contribution in [1.29, 1.82) is 0 Å². The molecule has 2 aliphatic rings. The van der Waals surface area contributed by atoms with E-state index >= 15 is 0 Å². The highest BCUT2D eigenvalue weighted by atomic mass is 32.1. The summed E-state index contributed by atoms with van der Waals surface area (Å²) in [5.74, 6) is -0.264. The van der Waals surface area contributed by atoms with Gasteiger partial charge in [0.1, 0.15) is 5.01 Å². The Morgan fingerprint density at radius 2 is 2.20 bits per heavy atom. The van der Waals surface area contributed by atoms with Gasteiger partial charge < -0.3 is 10.1 Å². The molecule has 0 radical (unpaired) electrons. The van der Waals surface area contributed by atoms with Crippen molar-refractivity contribution >= 4 is 35.6 Å². The Morgan fingerprint density at radius 3 is 2.80 bits per heavy atom. The van der Waals surface area contributed by atoms with Crippen LogP contribution in [0.25, 0.3) is 5.70 Å². The fourth-order valence-corrected chi connectivity index (χ4v) is 3.96. The highest BCUT2D eigenvalue weighted by Gasteiger charge is 2.25. The predicted octanol–water partition coefficient (Wildman–Crippen LogP) is 1.80. The largest absolute Gasteiger partial charge is 0.466 e. The highest BCUT2D eigenvalue weighted by Crippen LogP contribution is 2.25. The van der Waals surface area contributed by atoms with Gasteiger partial charge in [-0.05, 0) is 6.92 Å². The van der Waals surface area contributed by atoms with E-state index in [4.69, 9.17) is 4.74 Å². The van der Waals surface area contributed by atoms with Crippen molar-refractivity contribution in [3.8, 4) is 0 Å². The first-order valence-corrected chi connectivity index (χ1v) is 9.80. The number of nitrogens with one attached hydrogen (secondary N) is 1. The average molecular weight is 381 g/mol. The topological polar surface area (TPSA) is 57.7 Å². The molecule has 1 aromatic heterocycles. The molecule has 136 valence electrons. The number of hydrogen-bond donors (Lipinski definition) is 2. The third-order valence-electron chi connectivity index (χ3n) is 4.57. The number of ether oxygens (including phenoxy) is 1. The molecule has 1 saturated heterocycles. The molecule has 3 heterocycles. The zero-order valence-corrected chi connectivity index (χ0v) is 16.3. The monoisotopic (exact) mass is 380 g/mol. The van der Waals surface area contributed by atoms with Crippen LogP contribution in [0.1, 0.15) is 18.4 Å². The summed E-state index contributed by atoms with van der Waals surface area (Å²) in [4.78, 5) is 21.2. The summed E-state index contributed by atoms with van der Waals surface area (Å²) in [6, 6.07) is 0. The normalized spacial score (nSPS) is 20.8. The Bertz CT molecular complexity index is 662. The lowest BCUT2D eigenvalue weighted by Gasteiger charge is -2.37. The van der Waals surface area contributed by atoms with E-state index in [1.54, 1.807) is 17.5 Å². The average Bonchev–Trinajstić information content (AvgIpc) is 3.16. The number of allylic oxidation sites excluding steroid dienone is 1. The maximum atomic E-state index is 12.2. The molecule has 6 nitrogen and oxygen atoms in total. The first kappa shape index (κ1) is 18.4. The molecule has 1 unspecified atom stereocenters. The van der Waals surface area contributed by atoms with Crippen LogP contribution >= 0.6 is 24.0 Å². The van der Waals surface area contributed by atoms with E-state index < -0.39 is 0 Å². The quantitative estimate of drug-likeness (QED) is 0.600. The lowest BCUT2D eigenvalue weighted by molar-refractivity contribution is -0.136. The molecule has 25 heavy (non-hydrogen) atoms. The molecule has 0 amide bonds. The Balaban J connectivity index is 1.71. The number of esters is 1. The van der Waals surface area contributed by atoms with E-state index in [0.717, 1.165) is 42.6 Å². The van der Waals surface area contributed by atoms with E-state index in [1.165, 1.54) is 7.11 Å². The van der Waals surface area contributed by atoms with Gasteiger partial charge in [0.25, 0.3) is 0 Å². The van der Waals surface area contributed by atoms with E-state index in [-0.39, 0.29) is 11.3 Å². The summed E-state index contributed by atoms with van der Waals surface area (Å²) < 4.78 is 4.97. The van der Waals surface area contributed by atoms with Gasteiger partial charge >= 0.3 is 5.97 Å². The van der Waals surface area contributed by atoms with Gasteiger partial charge in [0.2, 0.25) is 0 Å². The molecule has 2 aliphatic heterocycles. The number of carbonyl (C=O) groups is 1. The minimum Gasteiger partial charge on any atom is -0.466 e. The second kappa shape index (κ2) is 8.35. The van der Waals surface area contributed by atoms with Gasteiger partial charge in [0.15, 0.2) is 0 Å². The molecule has 3 rings (SSSR count). The fraction of sp³-hybridized carbons (Fsp3) is 0.529. The minimum absolute atomic E-state index is 0.264. The number of aromatic nitrogens is 1. The molecule has 1 aromatic rings. The molecule has 1 fully saturated rings. The van der Waals surface area contributed by atoms with Crippen molar-refractivity contribution < 1.29 is 9.53 Å². The SMILES string of the molecule is COC(=O)C1=C(CN2CCN(C(C)S)CC2)NC(c2nccs2)=CC1. The number of methoxy groups -OCH3 is 1. The highest BCUT2D eigenvalue weighted by molar-refractivity contribution is 7.80. The zero-order valence-electron chi connectivity index (χ0n) is 14.6. The Labute approximate surface area is 158 Å². The second-order valence-corrected chi connectivity index (χ2v) is 7.82. The summed E-state index contributed by atoms with van der Waals surface area (Å²) in [5, 5.41) is 6.59. The van der Waals surface area contributed by atoms with Crippen molar-refractivity contribution in [3.05, 3.63) is 33.9 Å². The van der Waals surface area contributed by atoms with Gasteiger partial charge in [-0.2, -0.15) is 12.6 Å². The van der Waals surface area contributed by atoms with Gasteiger partial charge in [-0.1, -0.05) is 6.08 Å². The summed E-state index contributed by atoms with van der Waals surface area (Å²) in [6.07, 6.45) is 4.37. The van der Waals surface area contributed by atoms with Crippen molar-refractivity contribution in [2.75, 3.05) is 39.8 Å². The lowest BCUT2D eigenvalue weighted by atomic mass is 10.0. The summed E-state index contributed by atoms with van der Waals surface area (Å²) in [6.45, 7) is 6.70. The third-order valence-corrected chi connectivity index (χ3v) is 5.70. The number of nitrogens with zero attached hydrogens (tertiary/aromatic N) is 3. The maximum absolute atomic E-state index is 12.2. The van der Waals surface area contributed by atoms with Crippen LogP contribution in [0, 0.1) is 0 Å². The number of carbonyl (C=O) groups excluding carboxylic acids is 1. The summed E-state index contributed by atoms with van der Waals surface area (Å²) in [5.41, 5.74) is 2.60. The van der Waals surface area contributed by atoms with Gasteiger partial charge in [-0.15, -0.1) is 11.3 Å². The molecule has 0 aromatic carbocycles. The van der Waals surface area contributed by atoms with Gasteiger partial charge in [-0.3, -0.25) is 9.80 Å². The van der Waals surface area contributed by atoms with Gasteiger partial charge in [0.05, 0.1) is 18.4 Å². The molecule has 0 bridgehead atoms. The number of rotatable bonds is 5. The van der Waals surface area contributed by atoms with Crippen LogP contribution in [0.4, 0.5) is 0 Å². The van der Waals surface area contributed by atoms with Crippen LogP contribution in [-0.2, 0) is 9.53 Å². The number of piperazine rings is 1. The van der Waals surface area contributed by atoms with E-state index in [9.17, 15) is 4.79 Å². The van der Waals surface area contributed by atoms with Crippen molar-refractivity contribution in [2.45, 2.75) is 18.7 Å². The van der Waals surface area contributed by atoms with Crippen molar-refractivity contribution in [1.82, 2.24) is 20.1 Å². The molecular weight excluding hydrogens is 356 g/mol. The van der Waals surface area contributed by atoms with Crippen molar-refractivity contribution in [3.63, 3.8) is 0 Å². The van der Waals surface area contributed by atoms with Gasteiger partial charge in [-0.25, -0.2) is 9.78 Å². The van der Waals surface area contributed by atoms with Crippen LogP contribution in [0.5, 0.6) is 0 Å². The van der Waals surface area contributed by atoms with Crippen LogP contribution in [0.2, 0.25) is 0 Å². The molecule has 0 saturated carbocycles. The first-order valence-electron chi connectivity index (χ1n) is 8.40. The Morgan fingerprint density at radius 1 is 1.44 bits per heavy atom. The Hall–Kier alpha value is -1.35. The standard InChI is InChI=1S/C17H24N4O2S2/c1-12(24)21-8-6-20(7-9-21)11-15-13(17(22)23-2)3-4-14(19-15)16-18-5-10-25-16/h4-5,10,12,19,24H,3,6-9,11H2,1-2H3. The summed E-state index contributed by atoms with van der Waals surface area (Å²) in [7, 11) is 1.43. The summed E-state index contributed by atoms with van der Waals surface area (Å²) >= 11 is 6.10. The van der Waals surface area contributed by atoms with Crippen LogP contribution in [0.15, 0.2) is 28.9 Å². The number of hydrogen-bond acceptors (Lipinski definition) is 8. The fourth-order valence-electron chi connectivity index (χ4n) is 3.10. The van der Waals surface area contributed by atoms with E-state index in [1.807, 2.05) is 11.5 Å². The molecule has 0 aliphatic carbocycles. The smallest absolute Gasteiger partial charge is 0.335 e. The molecule has 0 spiro atoms. The number of thiazole rings is 1. The lowest BCUT2D eigenvalue weighted by Crippen LogP contribution is -2.49. The molecular formula is C17H24N4O2S2. The van der Waals surface area contributed by atoms with E-state index in [2.05, 4.69) is 39.7 Å².